The van der Waals surface area contributed by atoms with Crippen LogP contribution in [0.2, 0.25) is 0 Å². The van der Waals surface area contributed by atoms with Crippen molar-refractivity contribution in [1.82, 2.24) is 9.88 Å². The van der Waals surface area contributed by atoms with Crippen LogP contribution in [0.15, 0.2) is 36.4 Å². The quantitative estimate of drug-likeness (QED) is 0.784. The van der Waals surface area contributed by atoms with Crippen LogP contribution in [-0.4, -0.2) is 34.5 Å². The fraction of sp³-hybridized carbons (Fsp3) is 0.409. The molecule has 0 radical (unpaired) electrons. The summed E-state index contributed by atoms with van der Waals surface area (Å²) in [4.78, 5) is 30.6. The van der Waals surface area contributed by atoms with Gasteiger partial charge in [0, 0.05) is 11.1 Å². The number of nitrogens with zero attached hydrogens (tertiary/aromatic N) is 2. The summed E-state index contributed by atoms with van der Waals surface area (Å²) < 4.78 is 5.08. The fourth-order valence-corrected chi connectivity index (χ4v) is 3.21. The second-order valence-corrected chi connectivity index (χ2v) is 7.35. The molecular weight excluding hydrogens is 340 g/mol. The van der Waals surface area contributed by atoms with E-state index in [2.05, 4.69) is 18.0 Å². The van der Waals surface area contributed by atoms with E-state index in [4.69, 9.17) is 4.74 Å². The minimum absolute atomic E-state index is 0.163. The average Bonchev–Trinajstić information content (AvgIpc) is 3.06. The van der Waals surface area contributed by atoms with Crippen LogP contribution < -0.4 is 0 Å². The molecule has 3 rings (SSSR count). The molecule has 2 unspecified atom stereocenters. The Hall–Kier alpha value is -2.69. The number of fused-ring (bicyclic) bond motifs is 1. The first-order valence-electron chi connectivity index (χ1n) is 9.48. The molecule has 1 aliphatic heterocycles. The average molecular weight is 366 g/mol. The SMILES string of the molecule is CCc1ccc2ccc(/C=C/C(C)C(=O)N3C(=O)OCC3C(C)C)cc2n1. The van der Waals surface area contributed by atoms with Gasteiger partial charge in [0.1, 0.15) is 6.61 Å². The van der Waals surface area contributed by atoms with Crippen molar-refractivity contribution in [2.75, 3.05) is 6.61 Å². The summed E-state index contributed by atoms with van der Waals surface area (Å²) in [6.45, 7) is 8.13. The van der Waals surface area contributed by atoms with Crippen molar-refractivity contribution in [3.05, 3.63) is 47.7 Å². The number of aromatic nitrogens is 1. The molecule has 1 aliphatic rings. The Balaban J connectivity index is 1.77. The van der Waals surface area contributed by atoms with E-state index in [1.54, 1.807) is 6.92 Å². The first-order valence-corrected chi connectivity index (χ1v) is 9.48. The maximum Gasteiger partial charge on any atom is 0.417 e. The van der Waals surface area contributed by atoms with Crippen LogP contribution in [0.1, 0.15) is 39.0 Å². The van der Waals surface area contributed by atoms with E-state index in [0.29, 0.717) is 0 Å². The summed E-state index contributed by atoms with van der Waals surface area (Å²) in [5.74, 6) is -0.474. The van der Waals surface area contributed by atoms with E-state index < -0.39 is 12.0 Å². The number of rotatable bonds is 5. The van der Waals surface area contributed by atoms with Gasteiger partial charge in [0.15, 0.2) is 0 Å². The molecule has 2 amide bonds. The third kappa shape index (κ3) is 4.02. The van der Waals surface area contributed by atoms with Crippen molar-refractivity contribution >= 4 is 29.0 Å². The largest absolute Gasteiger partial charge is 0.447 e. The number of carbonyl (C=O) groups is 2. The molecule has 1 aromatic heterocycles. The Labute approximate surface area is 160 Å². The van der Waals surface area contributed by atoms with E-state index in [9.17, 15) is 9.59 Å². The highest BCUT2D eigenvalue weighted by molar-refractivity contribution is 5.95. The Morgan fingerprint density at radius 3 is 2.74 bits per heavy atom. The van der Waals surface area contributed by atoms with Gasteiger partial charge in [-0.15, -0.1) is 0 Å². The normalized spacial score (nSPS) is 18.5. The molecule has 1 aromatic carbocycles. The standard InChI is InChI=1S/C22H26N2O3/c1-5-18-11-10-17-9-8-16(12-19(17)23-18)7-6-15(4)21(25)24-20(14(2)3)13-27-22(24)26/h6-12,14-15,20H,5,13H2,1-4H3/b7-6+. The van der Waals surface area contributed by atoms with Crippen LogP contribution in [0.4, 0.5) is 4.79 Å². The first kappa shape index (κ1) is 19.1. The summed E-state index contributed by atoms with van der Waals surface area (Å²) >= 11 is 0. The molecule has 2 aromatic rings. The van der Waals surface area contributed by atoms with Crippen LogP contribution in [0, 0.1) is 11.8 Å². The Kier molecular flexibility index (Phi) is 5.59. The number of amides is 2. The number of aryl methyl sites for hydroxylation is 1. The van der Waals surface area contributed by atoms with Gasteiger partial charge < -0.3 is 4.74 Å². The highest BCUT2D eigenvalue weighted by atomic mass is 16.6. The van der Waals surface area contributed by atoms with Crippen molar-refractivity contribution < 1.29 is 14.3 Å². The zero-order valence-corrected chi connectivity index (χ0v) is 16.3. The number of hydrogen-bond donors (Lipinski definition) is 0. The van der Waals surface area contributed by atoms with Crippen LogP contribution in [-0.2, 0) is 16.0 Å². The highest BCUT2D eigenvalue weighted by Gasteiger charge is 2.40. The van der Waals surface area contributed by atoms with Gasteiger partial charge in [0.2, 0.25) is 5.91 Å². The van der Waals surface area contributed by atoms with Gasteiger partial charge in [-0.3, -0.25) is 9.78 Å². The van der Waals surface area contributed by atoms with E-state index >= 15 is 0 Å². The minimum Gasteiger partial charge on any atom is -0.447 e. The van der Waals surface area contributed by atoms with Gasteiger partial charge in [-0.2, -0.15) is 0 Å². The monoisotopic (exact) mass is 366 g/mol. The molecule has 0 N–H and O–H groups in total. The van der Waals surface area contributed by atoms with Crippen LogP contribution >= 0.6 is 0 Å². The summed E-state index contributed by atoms with van der Waals surface area (Å²) in [6.07, 6.45) is 4.09. The van der Waals surface area contributed by atoms with Gasteiger partial charge in [0.25, 0.3) is 0 Å². The van der Waals surface area contributed by atoms with Gasteiger partial charge in [-0.05, 0) is 30.0 Å². The Morgan fingerprint density at radius 1 is 1.30 bits per heavy atom. The Morgan fingerprint density at radius 2 is 2.04 bits per heavy atom. The van der Waals surface area contributed by atoms with Gasteiger partial charge >= 0.3 is 6.09 Å². The lowest BCUT2D eigenvalue weighted by Crippen LogP contribution is -2.43. The predicted octanol–water partition coefficient (Wildman–Crippen LogP) is 4.45. The number of cyclic esters (lactones) is 1. The predicted molar refractivity (Wildman–Crippen MR) is 106 cm³/mol. The molecule has 2 heterocycles. The molecule has 142 valence electrons. The Bertz CT molecular complexity index is 888. The molecule has 1 fully saturated rings. The van der Waals surface area contributed by atoms with E-state index in [0.717, 1.165) is 28.6 Å². The van der Waals surface area contributed by atoms with Gasteiger partial charge in [-0.25, -0.2) is 9.69 Å². The second-order valence-electron chi connectivity index (χ2n) is 7.35. The lowest BCUT2D eigenvalue weighted by atomic mass is 10.0. The number of hydrogen-bond acceptors (Lipinski definition) is 4. The van der Waals surface area contributed by atoms with Crippen molar-refractivity contribution in [3.8, 4) is 0 Å². The molecule has 0 bridgehead atoms. The lowest BCUT2D eigenvalue weighted by molar-refractivity contribution is -0.132. The van der Waals surface area contributed by atoms with Crippen molar-refractivity contribution in [3.63, 3.8) is 0 Å². The summed E-state index contributed by atoms with van der Waals surface area (Å²) in [6, 6.07) is 9.97. The molecule has 0 aliphatic carbocycles. The molecule has 5 nitrogen and oxygen atoms in total. The molecule has 5 heteroatoms. The summed E-state index contributed by atoms with van der Waals surface area (Å²) in [5.41, 5.74) is 2.98. The van der Waals surface area contributed by atoms with E-state index in [1.807, 2.05) is 50.3 Å². The third-order valence-corrected chi connectivity index (χ3v) is 5.02. The van der Waals surface area contributed by atoms with Crippen LogP contribution in [0.3, 0.4) is 0 Å². The summed E-state index contributed by atoms with van der Waals surface area (Å²) in [7, 11) is 0. The van der Waals surface area contributed by atoms with Crippen LogP contribution in [0.5, 0.6) is 0 Å². The maximum atomic E-state index is 12.7. The van der Waals surface area contributed by atoms with E-state index in [1.165, 1.54) is 4.90 Å². The molecule has 2 atom stereocenters. The number of ether oxygens (including phenoxy) is 1. The topological polar surface area (TPSA) is 59.5 Å². The maximum absolute atomic E-state index is 12.7. The highest BCUT2D eigenvalue weighted by Crippen LogP contribution is 2.23. The summed E-state index contributed by atoms with van der Waals surface area (Å²) in [5, 5.41) is 1.09. The molecular formula is C22H26N2O3. The van der Waals surface area contributed by atoms with Gasteiger partial charge in [0.05, 0.1) is 17.5 Å². The van der Waals surface area contributed by atoms with Crippen molar-refractivity contribution in [1.29, 1.82) is 0 Å². The van der Waals surface area contributed by atoms with Gasteiger partial charge in [-0.1, -0.05) is 58.0 Å². The lowest BCUT2D eigenvalue weighted by Gasteiger charge is -2.24. The van der Waals surface area contributed by atoms with Crippen molar-refractivity contribution in [2.24, 2.45) is 11.8 Å². The fourth-order valence-electron chi connectivity index (χ4n) is 3.21. The van der Waals surface area contributed by atoms with Crippen LogP contribution in [0.25, 0.3) is 17.0 Å². The number of benzene rings is 1. The zero-order chi connectivity index (χ0) is 19.6. The third-order valence-electron chi connectivity index (χ3n) is 5.02. The molecule has 0 saturated carbocycles. The molecule has 0 spiro atoms. The molecule has 1 saturated heterocycles. The first-order chi connectivity index (χ1) is 12.9. The second kappa shape index (κ2) is 7.91. The number of carbonyl (C=O) groups excluding carboxylic acids is 2. The smallest absolute Gasteiger partial charge is 0.417 e. The zero-order valence-electron chi connectivity index (χ0n) is 16.3. The number of imide groups is 1. The van der Waals surface area contributed by atoms with Crippen molar-refractivity contribution in [2.45, 2.75) is 40.2 Å². The number of pyridine rings is 1. The van der Waals surface area contributed by atoms with E-state index in [-0.39, 0.29) is 24.5 Å². The molecule has 27 heavy (non-hydrogen) atoms. The minimum atomic E-state index is -0.541.